The maximum absolute atomic E-state index is 13.5. The highest BCUT2D eigenvalue weighted by Crippen LogP contribution is 2.21. The van der Waals surface area contributed by atoms with Crippen LogP contribution in [0.1, 0.15) is 51.0 Å². The molecule has 1 heterocycles. The highest BCUT2D eigenvalue weighted by Gasteiger charge is 2.29. The Hall–Kier alpha value is -1.97. The predicted octanol–water partition coefficient (Wildman–Crippen LogP) is 3.95. The average Bonchev–Trinajstić information content (AvgIpc) is 2.62. The molecule has 1 saturated heterocycles. The zero-order valence-electron chi connectivity index (χ0n) is 14.5. The molecule has 0 atom stereocenters. The molecule has 0 unspecified atom stereocenters. The van der Waals surface area contributed by atoms with Gasteiger partial charge in [0.25, 0.3) is 0 Å². The molecule has 0 bridgehead atoms. The van der Waals surface area contributed by atoms with E-state index >= 15 is 0 Å². The molecule has 1 aliphatic rings. The van der Waals surface area contributed by atoms with Crippen molar-refractivity contribution in [3.8, 4) is 11.8 Å². The van der Waals surface area contributed by atoms with Crippen molar-refractivity contribution in [1.82, 2.24) is 0 Å². The molecule has 1 aromatic rings. The van der Waals surface area contributed by atoms with E-state index < -0.39 is 17.7 Å². The second-order valence-electron chi connectivity index (χ2n) is 6.17. The average molecular weight is 349 g/mol. The number of ether oxygens (including phenoxy) is 3. The number of nitrogens with zero attached hydrogens (tertiary/aromatic N) is 1. The maximum Gasteiger partial charge on any atom is 0.319 e. The Morgan fingerprint density at radius 3 is 2.64 bits per heavy atom. The molecule has 0 amide bonds. The van der Waals surface area contributed by atoms with Gasteiger partial charge in [0.15, 0.2) is 6.29 Å². The molecule has 1 aliphatic heterocycles. The molecular weight excluding hydrogens is 325 g/mol. The van der Waals surface area contributed by atoms with E-state index in [0.29, 0.717) is 0 Å². The molecule has 5 nitrogen and oxygen atoms in total. The lowest BCUT2D eigenvalue weighted by Crippen LogP contribution is -2.38. The van der Waals surface area contributed by atoms with Crippen LogP contribution >= 0.6 is 0 Å². The van der Waals surface area contributed by atoms with Gasteiger partial charge in [-0.15, -0.1) is 0 Å². The third kappa shape index (κ3) is 6.11. The molecule has 136 valence electrons. The Labute approximate surface area is 147 Å². The third-order valence-corrected chi connectivity index (χ3v) is 4.12. The van der Waals surface area contributed by atoms with Crippen molar-refractivity contribution in [3.05, 3.63) is 29.6 Å². The van der Waals surface area contributed by atoms with Crippen molar-refractivity contribution >= 4 is 5.97 Å². The number of halogens is 1. The molecule has 0 aromatic heterocycles. The van der Waals surface area contributed by atoms with E-state index in [4.69, 9.17) is 19.5 Å². The van der Waals surface area contributed by atoms with Crippen LogP contribution in [0.4, 0.5) is 4.39 Å². The van der Waals surface area contributed by atoms with Gasteiger partial charge in [-0.2, -0.15) is 5.26 Å². The van der Waals surface area contributed by atoms with Crippen molar-refractivity contribution in [1.29, 1.82) is 5.26 Å². The van der Waals surface area contributed by atoms with Gasteiger partial charge < -0.3 is 14.2 Å². The fourth-order valence-electron chi connectivity index (χ4n) is 2.61. The molecule has 0 radical (unpaired) electrons. The van der Waals surface area contributed by atoms with Crippen LogP contribution in [-0.2, 0) is 14.3 Å². The van der Waals surface area contributed by atoms with Gasteiger partial charge in [0.05, 0.1) is 18.8 Å². The third-order valence-electron chi connectivity index (χ3n) is 4.12. The van der Waals surface area contributed by atoms with Gasteiger partial charge in [0.2, 0.25) is 0 Å². The summed E-state index contributed by atoms with van der Waals surface area (Å²) in [6, 6.07) is 5.41. The SMILES string of the molecule is CCCCCCCC1OCC(C(=O)Oc2ccc(C#N)c(F)c2)CO1. The molecule has 0 N–H and O–H groups in total. The number of carbonyl (C=O) groups excluding carboxylic acids is 1. The number of esters is 1. The smallest absolute Gasteiger partial charge is 0.319 e. The lowest BCUT2D eigenvalue weighted by molar-refractivity contribution is -0.208. The fraction of sp³-hybridized carbons (Fsp3) is 0.579. The fourth-order valence-corrected chi connectivity index (χ4v) is 2.61. The lowest BCUT2D eigenvalue weighted by atomic mass is 10.1. The van der Waals surface area contributed by atoms with Gasteiger partial charge in [-0.05, 0) is 25.0 Å². The van der Waals surface area contributed by atoms with E-state index in [9.17, 15) is 9.18 Å². The molecular formula is C19H24FNO4. The summed E-state index contributed by atoms with van der Waals surface area (Å²) in [6.07, 6.45) is 6.44. The van der Waals surface area contributed by atoms with Crippen molar-refractivity contribution in [2.75, 3.05) is 13.2 Å². The van der Waals surface area contributed by atoms with Crippen molar-refractivity contribution in [2.45, 2.75) is 51.7 Å². The largest absolute Gasteiger partial charge is 0.426 e. The Morgan fingerprint density at radius 1 is 1.28 bits per heavy atom. The first-order valence-electron chi connectivity index (χ1n) is 8.78. The summed E-state index contributed by atoms with van der Waals surface area (Å²) in [5, 5.41) is 8.69. The van der Waals surface area contributed by atoms with Gasteiger partial charge in [-0.3, -0.25) is 4.79 Å². The van der Waals surface area contributed by atoms with Gasteiger partial charge in [-0.1, -0.05) is 32.6 Å². The second kappa shape index (κ2) is 10.1. The standard InChI is InChI=1S/C19H24FNO4/c1-2-3-4-5-6-7-18-23-12-15(13-24-18)19(22)25-16-9-8-14(11-21)17(20)10-16/h8-10,15,18H,2-7,12-13H2,1H3. The highest BCUT2D eigenvalue weighted by molar-refractivity contribution is 5.75. The van der Waals surface area contributed by atoms with E-state index in [2.05, 4.69) is 6.92 Å². The number of benzene rings is 1. The molecule has 0 saturated carbocycles. The van der Waals surface area contributed by atoms with Crippen LogP contribution in [0.3, 0.4) is 0 Å². The molecule has 25 heavy (non-hydrogen) atoms. The van der Waals surface area contributed by atoms with E-state index in [1.807, 2.05) is 0 Å². The van der Waals surface area contributed by atoms with Crippen molar-refractivity contribution in [3.63, 3.8) is 0 Å². The minimum atomic E-state index is -0.716. The Bertz CT molecular complexity index is 606. The van der Waals surface area contributed by atoms with Crippen molar-refractivity contribution < 1.29 is 23.4 Å². The number of unbranched alkanes of at least 4 members (excludes halogenated alkanes) is 4. The van der Waals surface area contributed by atoms with Gasteiger partial charge in [0.1, 0.15) is 23.6 Å². The Morgan fingerprint density at radius 2 is 2.00 bits per heavy atom. The number of hydrogen-bond acceptors (Lipinski definition) is 5. The summed E-state index contributed by atoms with van der Waals surface area (Å²) in [7, 11) is 0. The van der Waals surface area contributed by atoms with Crippen LogP contribution in [0, 0.1) is 23.1 Å². The molecule has 2 rings (SSSR count). The number of rotatable bonds is 8. The monoisotopic (exact) mass is 349 g/mol. The molecule has 6 heteroatoms. The maximum atomic E-state index is 13.5. The highest BCUT2D eigenvalue weighted by atomic mass is 19.1. The molecule has 0 aliphatic carbocycles. The number of nitriles is 1. The summed E-state index contributed by atoms with van der Waals surface area (Å²) in [5.74, 6) is -1.70. The van der Waals surface area contributed by atoms with Gasteiger partial charge in [-0.25, -0.2) is 4.39 Å². The molecule has 1 aromatic carbocycles. The van der Waals surface area contributed by atoms with Gasteiger partial charge in [0, 0.05) is 6.07 Å². The summed E-state index contributed by atoms with van der Waals surface area (Å²) in [5.41, 5.74) is -0.0917. The Kier molecular flexibility index (Phi) is 7.83. The van der Waals surface area contributed by atoms with Gasteiger partial charge >= 0.3 is 5.97 Å². The zero-order valence-corrected chi connectivity index (χ0v) is 14.5. The minimum Gasteiger partial charge on any atom is -0.426 e. The first-order valence-corrected chi connectivity index (χ1v) is 8.78. The first kappa shape index (κ1) is 19.4. The van der Waals surface area contributed by atoms with E-state index in [-0.39, 0.29) is 30.8 Å². The van der Waals surface area contributed by atoms with Crippen LogP contribution in [-0.4, -0.2) is 25.5 Å². The predicted molar refractivity (Wildman–Crippen MR) is 89.3 cm³/mol. The summed E-state index contributed by atoms with van der Waals surface area (Å²) in [6.45, 7) is 2.65. The second-order valence-corrected chi connectivity index (χ2v) is 6.17. The quantitative estimate of drug-likeness (QED) is 0.404. The van der Waals surface area contributed by atoms with Crippen LogP contribution in [0.2, 0.25) is 0 Å². The number of carbonyl (C=O) groups is 1. The zero-order chi connectivity index (χ0) is 18.1. The van der Waals surface area contributed by atoms with Crippen molar-refractivity contribution in [2.24, 2.45) is 5.92 Å². The number of hydrogen-bond donors (Lipinski definition) is 0. The normalized spacial score (nSPS) is 20.0. The molecule has 0 spiro atoms. The lowest BCUT2D eigenvalue weighted by Gasteiger charge is -2.28. The van der Waals surface area contributed by atoms with Crippen LogP contribution in [0.25, 0.3) is 0 Å². The summed E-state index contributed by atoms with van der Waals surface area (Å²) >= 11 is 0. The van der Waals surface area contributed by atoms with E-state index in [1.54, 1.807) is 6.07 Å². The van der Waals surface area contributed by atoms with E-state index in [1.165, 1.54) is 31.4 Å². The first-order chi connectivity index (χ1) is 12.1. The van der Waals surface area contributed by atoms with Crippen LogP contribution < -0.4 is 4.74 Å². The van der Waals surface area contributed by atoms with E-state index in [0.717, 1.165) is 25.3 Å². The van der Waals surface area contributed by atoms with Crippen LogP contribution in [0.5, 0.6) is 5.75 Å². The summed E-state index contributed by atoms with van der Waals surface area (Å²) < 4.78 is 29.8. The molecule has 1 fully saturated rings. The van der Waals surface area contributed by atoms with Crippen LogP contribution in [0.15, 0.2) is 18.2 Å². The topological polar surface area (TPSA) is 68.5 Å². The Balaban J connectivity index is 1.72. The minimum absolute atomic E-state index is 0.0690. The summed E-state index contributed by atoms with van der Waals surface area (Å²) in [4.78, 5) is 12.1.